The van der Waals surface area contributed by atoms with E-state index in [1.807, 2.05) is 0 Å². The molecule has 0 bridgehead atoms. The molecule has 0 aromatic carbocycles. The van der Waals surface area contributed by atoms with E-state index in [-0.39, 0.29) is 0 Å². The summed E-state index contributed by atoms with van der Waals surface area (Å²) in [6.45, 7) is 8.50. The van der Waals surface area contributed by atoms with Crippen molar-refractivity contribution in [2.45, 2.75) is 43.0 Å². The van der Waals surface area contributed by atoms with Gasteiger partial charge >= 0.3 is 0 Å². The van der Waals surface area contributed by atoms with Crippen molar-refractivity contribution < 1.29 is 0 Å². The van der Waals surface area contributed by atoms with Crippen molar-refractivity contribution in [1.29, 1.82) is 0 Å². The summed E-state index contributed by atoms with van der Waals surface area (Å²) >= 11 is 2.57. The topological polar surface area (TPSA) is 0 Å². The maximum absolute atomic E-state index is 3.91. The highest BCUT2D eigenvalue weighted by Gasteiger charge is 2.17. The third-order valence-electron chi connectivity index (χ3n) is 1.84. The van der Waals surface area contributed by atoms with Crippen LogP contribution >= 0.6 is 22.6 Å². The van der Waals surface area contributed by atoms with Crippen LogP contribution in [0.25, 0.3) is 0 Å². The van der Waals surface area contributed by atoms with E-state index in [4.69, 9.17) is 0 Å². The fourth-order valence-corrected chi connectivity index (χ4v) is 1.93. The van der Waals surface area contributed by atoms with Gasteiger partial charge in [0.1, 0.15) is 7.85 Å². The molecule has 0 radical (unpaired) electrons. The van der Waals surface area contributed by atoms with E-state index in [9.17, 15) is 0 Å². The molecule has 0 aromatic rings. The fraction of sp³-hybridized carbons (Fsp3) is 0.778. The van der Waals surface area contributed by atoms with Crippen LogP contribution in [-0.4, -0.2) is 11.3 Å². The smallest absolute Gasteiger partial charge is 0.117 e. The number of alkyl halides is 1. The molecule has 1 unspecified atom stereocenters. The molecule has 0 N–H and O–H groups in total. The van der Waals surface area contributed by atoms with E-state index in [0.717, 1.165) is 0 Å². The zero-order valence-corrected chi connectivity index (χ0v) is 10.1. The molecule has 1 atom stereocenters. The maximum Gasteiger partial charge on any atom is 0.133 e. The number of halogens is 1. The molecule has 0 aliphatic carbocycles. The minimum Gasteiger partial charge on any atom is -0.117 e. The van der Waals surface area contributed by atoms with Crippen LogP contribution in [0.2, 0.25) is 0 Å². The van der Waals surface area contributed by atoms with Crippen LogP contribution in [0.3, 0.4) is 0 Å². The van der Waals surface area contributed by atoms with Crippen molar-refractivity contribution in [3.05, 3.63) is 12.1 Å². The summed E-state index contributed by atoms with van der Waals surface area (Å²) in [7, 11) is 2.11. The lowest BCUT2D eigenvalue weighted by Crippen LogP contribution is -2.14. The standard InChI is InChI=1S/C9H18BI/c1-4-6-9(3,11)7-5-8(2)10/h2,4-7,10H2,1,3H3. The SMILES string of the molecule is BC(=C)CCC(C)(I)CCC. The first-order valence-electron chi connectivity index (χ1n) is 4.31. The van der Waals surface area contributed by atoms with Crippen molar-refractivity contribution in [3.63, 3.8) is 0 Å². The predicted octanol–water partition coefficient (Wildman–Crippen LogP) is 2.91. The van der Waals surface area contributed by atoms with Crippen LogP contribution in [0, 0.1) is 0 Å². The second kappa shape index (κ2) is 5.23. The molecule has 0 spiro atoms. The van der Waals surface area contributed by atoms with Crippen molar-refractivity contribution in [2.24, 2.45) is 0 Å². The Hall–Kier alpha value is 0.535. The molecule has 0 heterocycles. The molecule has 2 heteroatoms. The Labute approximate surface area is 85.4 Å². The van der Waals surface area contributed by atoms with E-state index in [0.29, 0.717) is 3.42 Å². The zero-order chi connectivity index (χ0) is 8.91. The maximum atomic E-state index is 3.91. The number of allylic oxidation sites excluding steroid dienone is 1. The second-order valence-electron chi connectivity index (χ2n) is 3.62. The Bertz CT molecular complexity index is 130. The van der Waals surface area contributed by atoms with E-state index in [1.54, 1.807) is 0 Å². The van der Waals surface area contributed by atoms with Crippen LogP contribution in [0.5, 0.6) is 0 Å². The second-order valence-corrected chi connectivity index (χ2v) is 6.22. The Morgan fingerprint density at radius 3 is 2.45 bits per heavy atom. The first-order chi connectivity index (χ1) is 4.98. The highest BCUT2D eigenvalue weighted by Crippen LogP contribution is 2.30. The molecule has 0 amide bonds. The molecule has 0 saturated heterocycles. The monoisotopic (exact) mass is 264 g/mol. The number of hydrogen-bond acceptors (Lipinski definition) is 0. The van der Waals surface area contributed by atoms with Crippen LogP contribution < -0.4 is 0 Å². The van der Waals surface area contributed by atoms with Gasteiger partial charge in [0.25, 0.3) is 0 Å². The first kappa shape index (κ1) is 11.5. The minimum absolute atomic E-state index is 0.492. The van der Waals surface area contributed by atoms with Gasteiger partial charge in [-0.05, 0) is 19.3 Å². The first-order valence-corrected chi connectivity index (χ1v) is 5.39. The summed E-state index contributed by atoms with van der Waals surface area (Å²) in [5, 5.41) is 0. The van der Waals surface area contributed by atoms with Gasteiger partial charge in [0.2, 0.25) is 0 Å². The van der Waals surface area contributed by atoms with Gasteiger partial charge in [-0.3, -0.25) is 0 Å². The average Bonchev–Trinajstić information content (AvgIpc) is 1.84. The minimum atomic E-state index is 0.492. The fourth-order valence-electron chi connectivity index (χ4n) is 1.12. The Kier molecular flexibility index (Phi) is 5.48. The van der Waals surface area contributed by atoms with E-state index in [2.05, 4.69) is 50.9 Å². The molecule has 64 valence electrons. The average molecular weight is 264 g/mol. The summed E-state index contributed by atoms with van der Waals surface area (Å²) in [5.41, 5.74) is 1.31. The van der Waals surface area contributed by atoms with E-state index < -0.39 is 0 Å². The zero-order valence-electron chi connectivity index (χ0n) is 7.91. The van der Waals surface area contributed by atoms with Crippen LogP contribution in [0.15, 0.2) is 12.1 Å². The van der Waals surface area contributed by atoms with Crippen molar-refractivity contribution in [2.75, 3.05) is 0 Å². The van der Waals surface area contributed by atoms with Crippen LogP contribution in [-0.2, 0) is 0 Å². The number of hydrogen-bond donors (Lipinski definition) is 0. The van der Waals surface area contributed by atoms with E-state index >= 15 is 0 Å². The summed E-state index contributed by atoms with van der Waals surface area (Å²) in [4.78, 5) is 0. The quantitative estimate of drug-likeness (QED) is 0.407. The molecule has 0 aliphatic heterocycles. The summed E-state index contributed by atoms with van der Waals surface area (Å²) in [6.07, 6.45) is 5.06. The summed E-state index contributed by atoms with van der Waals surface area (Å²) in [6, 6.07) is 0. The van der Waals surface area contributed by atoms with Gasteiger partial charge in [-0.2, -0.15) is 0 Å². The van der Waals surface area contributed by atoms with Crippen molar-refractivity contribution in [1.82, 2.24) is 0 Å². The lowest BCUT2D eigenvalue weighted by atomic mass is 9.89. The van der Waals surface area contributed by atoms with Gasteiger partial charge in [-0.15, -0.1) is 12.1 Å². The third kappa shape index (κ3) is 6.91. The Morgan fingerprint density at radius 1 is 1.55 bits per heavy atom. The lowest BCUT2D eigenvalue weighted by Gasteiger charge is -2.21. The van der Waals surface area contributed by atoms with Gasteiger partial charge in [0, 0.05) is 3.42 Å². The molecular formula is C9H18BI. The van der Waals surface area contributed by atoms with Gasteiger partial charge in [-0.25, -0.2) is 0 Å². The van der Waals surface area contributed by atoms with Gasteiger partial charge in [-0.1, -0.05) is 42.9 Å². The van der Waals surface area contributed by atoms with Crippen LogP contribution in [0.1, 0.15) is 39.5 Å². The highest BCUT2D eigenvalue weighted by molar-refractivity contribution is 14.1. The van der Waals surface area contributed by atoms with E-state index in [1.165, 1.54) is 31.2 Å². The third-order valence-corrected chi connectivity index (χ3v) is 2.92. The Balaban J connectivity index is 3.63. The number of rotatable bonds is 5. The molecule has 0 saturated carbocycles. The molecular weight excluding hydrogens is 246 g/mol. The van der Waals surface area contributed by atoms with Crippen molar-refractivity contribution in [3.8, 4) is 0 Å². The molecule has 0 fully saturated rings. The molecule has 0 aliphatic rings. The summed E-state index contributed by atoms with van der Waals surface area (Å²) < 4.78 is 0.492. The van der Waals surface area contributed by atoms with Gasteiger partial charge in [0.05, 0.1) is 0 Å². The molecule has 0 rings (SSSR count). The Morgan fingerprint density at radius 2 is 2.09 bits per heavy atom. The summed E-state index contributed by atoms with van der Waals surface area (Å²) in [5.74, 6) is 0. The van der Waals surface area contributed by atoms with Gasteiger partial charge < -0.3 is 0 Å². The highest BCUT2D eigenvalue weighted by atomic mass is 127. The lowest BCUT2D eigenvalue weighted by molar-refractivity contribution is 0.564. The largest absolute Gasteiger partial charge is 0.133 e. The predicted molar refractivity (Wildman–Crippen MR) is 64.3 cm³/mol. The van der Waals surface area contributed by atoms with Crippen LogP contribution in [0.4, 0.5) is 0 Å². The molecule has 11 heavy (non-hydrogen) atoms. The normalized spacial score (nSPS) is 15.9. The molecule has 0 nitrogen and oxygen atoms in total. The van der Waals surface area contributed by atoms with Crippen molar-refractivity contribution >= 4 is 30.4 Å². The molecule has 0 aromatic heterocycles. The van der Waals surface area contributed by atoms with Gasteiger partial charge in [0.15, 0.2) is 0 Å².